The molecule has 4 nitrogen and oxygen atoms in total. The standard InChI is InChI=1S/C8H12N2O2/c1-10-6-4-2-3-5(6)9-7(11)8(10)12/h5-6H,2-4H2,1H3,(H,9,11). The summed E-state index contributed by atoms with van der Waals surface area (Å²) in [4.78, 5) is 23.8. The summed E-state index contributed by atoms with van der Waals surface area (Å²) in [5.41, 5.74) is 0. The molecule has 0 aromatic rings. The Labute approximate surface area is 70.9 Å². The smallest absolute Gasteiger partial charge is 0.311 e. The van der Waals surface area contributed by atoms with Crippen molar-refractivity contribution in [3.63, 3.8) is 0 Å². The van der Waals surface area contributed by atoms with Crippen LogP contribution in [0.25, 0.3) is 0 Å². The zero-order chi connectivity index (χ0) is 8.72. The van der Waals surface area contributed by atoms with Gasteiger partial charge in [-0.1, -0.05) is 0 Å². The van der Waals surface area contributed by atoms with Gasteiger partial charge in [-0.3, -0.25) is 9.59 Å². The molecule has 0 aromatic heterocycles. The van der Waals surface area contributed by atoms with Gasteiger partial charge in [-0.15, -0.1) is 0 Å². The summed E-state index contributed by atoms with van der Waals surface area (Å²) >= 11 is 0. The van der Waals surface area contributed by atoms with Crippen LogP contribution < -0.4 is 5.32 Å². The van der Waals surface area contributed by atoms with E-state index in [9.17, 15) is 9.59 Å². The van der Waals surface area contributed by atoms with Gasteiger partial charge in [-0.25, -0.2) is 0 Å². The Morgan fingerprint density at radius 3 is 2.92 bits per heavy atom. The van der Waals surface area contributed by atoms with E-state index in [1.807, 2.05) is 0 Å². The second-order valence-corrected chi connectivity index (χ2v) is 3.49. The van der Waals surface area contributed by atoms with Crippen LogP contribution in [0, 0.1) is 0 Å². The molecule has 66 valence electrons. The Bertz CT molecular complexity index is 239. The van der Waals surface area contributed by atoms with Crippen LogP contribution in [-0.4, -0.2) is 35.8 Å². The molecule has 2 fully saturated rings. The maximum absolute atomic E-state index is 11.2. The van der Waals surface area contributed by atoms with Crippen LogP contribution in [0.3, 0.4) is 0 Å². The van der Waals surface area contributed by atoms with Crippen molar-refractivity contribution in [2.45, 2.75) is 31.3 Å². The molecule has 2 unspecified atom stereocenters. The molecule has 0 radical (unpaired) electrons. The molecule has 0 bridgehead atoms. The minimum absolute atomic E-state index is 0.209. The number of piperazine rings is 1. The van der Waals surface area contributed by atoms with Crippen molar-refractivity contribution in [1.29, 1.82) is 0 Å². The number of hydrogen-bond acceptors (Lipinski definition) is 2. The molecule has 4 heteroatoms. The van der Waals surface area contributed by atoms with Crippen LogP contribution in [-0.2, 0) is 9.59 Å². The molecule has 0 aromatic carbocycles. The van der Waals surface area contributed by atoms with E-state index in [2.05, 4.69) is 5.32 Å². The average Bonchev–Trinajstić information content (AvgIpc) is 2.48. The normalized spacial score (nSPS) is 34.9. The molecule has 12 heavy (non-hydrogen) atoms. The van der Waals surface area contributed by atoms with E-state index < -0.39 is 11.8 Å². The van der Waals surface area contributed by atoms with Crippen LogP contribution in [0.4, 0.5) is 0 Å². The Kier molecular flexibility index (Phi) is 1.56. The van der Waals surface area contributed by atoms with Crippen LogP contribution in [0.15, 0.2) is 0 Å². The first-order valence-corrected chi connectivity index (χ1v) is 4.28. The third kappa shape index (κ3) is 0.906. The van der Waals surface area contributed by atoms with Crippen molar-refractivity contribution in [3.8, 4) is 0 Å². The Morgan fingerprint density at radius 1 is 1.42 bits per heavy atom. The zero-order valence-electron chi connectivity index (χ0n) is 7.04. The minimum atomic E-state index is -0.444. The van der Waals surface area contributed by atoms with Gasteiger partial charge >= 0.3 is 11.8 Å². The predicted molar refractivity (Wildman–Crippen MR) is 42.3 cm³/mol. The molecule has 2 atom stereocenters. The summed E-state index contributed by atoms with van der Waals surface area (Å²) in [6.45, 7) is 0. The molecule has 1 aliphatic carbocycles. The lowest BCUT2D eigenvalue weighted by atomic mass is 10.1. The molecule has 1 saturated carbocycles. The van der Waals surface area contributed by atoms with Crippen LogP contribution in [0.2, 0.25) is 0 Å². The molecular formula is C8H12N2O2. The lowest BCUT2D eigenvalue weighted by Gasteiger charge is -2.34. The lowest BCUT2D eigenvalue weighted by Crippen LogP contribution is -2.59. The fourth-order valence-corrected chi connectivity index (χ4v) is 2.11. The number of likely N-dealkylation sites (N-methyl/N-ethyl adjacent to an activating group) is 1. The van der Waals surface area contributed by atoms with E-state index in [-0.39, 0.29) is 12.1 Å². The van der Waals surface area contributed by atoms with Gasteiger partial charge in [0.25, 0.3) is 0 Å². The SMILES string of the molecule is CN1C(=O)C(=O)NC2CCCC21. The van der Waals surface area contributed by atoms with Crippen molar-refractivity contribution in [2.75, 3.05) is 7.05 Å². The van der Waals surface area contributed by atoms with Crippen molar-refractivity contribution in [1.82, 2.24) is 10.2 Å². The van der Waals surface area contributed by atoms with Gasteiger partial charge in [-0.05, 0) is 19.3 Å². The number of amides is 2. The maximum Gasteiger partial charge on any atom is 0.311 e. The van der Waals surface area contributed by atoms with Gasteiger partial charge < -0.3 is 10.2 Å². The summed E-state index contributed by atoms with van der Waals surface area (Å²) in [7, 11) is 1.71. The first-order chi connectivity index (χ1) is 5.70. The second-order valence-electron chi connectivity index (χ2n) is 3.49. The van der Waals surface area contributed by atoms with E-state index in [4.69, 9.17) is 0 Å². The van der Waals surface area contributed by atoms with Crippen molar-refractivity contribution in [3.05, 3.63) is 0 Å². The summed E-state index contributed by atoms with van der Waals surface area (Å²) in [6.07, 6.45) is 3.13. The van der Waals surface area contributed by atoms with Gasteiger partial charge in [0.15, 0.2) is 0 Å². The van der Waals surface area contributed by atoms with Crippen LogP contribution in [0.5, 0.6) is 0 Å². The first-order valence-electron chi connectivity index (χ1n) is 4.28. The Balaban J connectivity index is 2.21. The highest BCUT2D eigenvalue weighted by molar-refractivity contribution is 6.35. The highest BCUT2D eigenvalue weighted by Crippen LogP contribution is 2.25. The van der Waals surface area contributed by atoms with Crippen molar-refractivity contribution in [2.24, 2.45) is 0 Å². The van der Waals surface area contributed by atoms with Gasteiger partial charge in [-0.2, -0.15) is 0 Å². The first kappa shape index (κ1) is 7.58. The highest BCUT2D eigenvalue weighted by atomic mass is 16.2. The minimum Gasteiger partial charge on any atom is -0.343 e. The van der Waals surface area contributed by atoms with Crippen molar-refractivity contribution < 1.29 is 9.59 Å². The average molecular weight is 168 g/mol. The van der Waals surface area contributed by atoms with E-state index in [1.165, 1.54) is 0 Å². The molecule has 2 amide bonds. The lowest BCUT2D eigenvalue weighted by molar-refractivity contribution is -0.150. The Morgan fingerprint density at radius 2 is 2.17 bits per heavy atom. The van der Waals surface area contributed by atoms with Gasteiger partial charge in [0.1, 0.15) is 0 Å². The summed E-state index contributed by atoms with van der Waals surface area (Å²) in [5.74, 6) is -0.834. The molecule has 0 spiro atoms. The van der Waals surface area contributed by atoms with Gasteiger partial charge in [0.2, 0.25) is 0 Å². The number of carbonyl (C=O) groups excluding carboxylic acids is 2. The number of fused-ring (bicyclic) bond motifs is 1. The zero-order valence-corrected chi connectivity index (χ0v) is 7.04. The highest BCUT2D eigenvalue weighted by Gasteiger charge is 2.40. The van der Waals surface area contributed by atoms with Crippen LogP contribution >= 0.6 is 0 Å². The number of hydrogen-bond donors (Lipinski definition) is 1. The molecule has 2 rings (SSSR count). The molecule has 1 saturated heterocycles. The number of carbonyl (C=O) groups is 2. The monoisotopic (exact) mass is 168 g/mol. The quantitative estimate of drug-likeness (QED) is 0.495. The third-order valence-electron chi connectivity index (χ3n) is 2.81. The van der Waals surface area contributed by atoms with E-state index in [0.717, 1.165) is 19.3 Å². The molecular weight excluding hydrogens is 156 g/mol. The molecule has 2 aliphatic rings. The molecule has 1 N–H and O–H groups in total. The van der Waals surface area contributed by atoms with Crippen molar-refractivity contribution >= 4 is 11.8 Å². The number of nitrogens with one attached hydrogen (secondary N) is 1. The topological polar surface area (TPSA) is 49.4 Å². The van der Waals surface area contributed by atoms with Crippen LogP contribution in [0.1, 0.15) is 19.3 Å². The van der Waals surface area contributed by atoms with E-state index in [1.54, 1.807) is 11.9 Å². The summed E-state index contributed by atoms with van der Waals surface area (Å²) in [6, 6.07) is 0.454. The second kappa shape index (κ2) is 2.47. The third-order valence-corrected chi connectivity index (χ3v) is 2.81. The fraction of sp³-hybridized carbons (Fsp3) is 0.750. The Hall–Kier alpha value is -1.06. The maximum atomic E-state index is 11.2. The summed E-state index contributed by atoms with van der Waals surface area (Å²) in [5, 5.41) is 2.73. The number of nitrogens with zero attached hydrogens (tertiary/aromatic N) is 1. The summed E-state index contributed by atoms with van der Waals surface area (Å²) < 4.78 is 0. The largest absolute Gasteiger partial charge is 0.343 e. The molecule has 1 heterocycles. The fourth-order valence-electron chi connectivity index (χ4n) is 2.11. The molecule has 1 aliphatic heterocycles. The van der Waals surface area contributed by atoms with Gasteiger partial charge in [0.05, 0.1) is 6.04 Å². The number of rotatable bonds is 0. The van der Waals surface area contributed by atoms with Gasteiger partial charge in [0, 0.05) is 13.1 Å². The van der Waals surface area contributed by atoms with E-state index >= 15 is 0 Å². The predicted octanol–water partition coefficient (Wildman–Crippen LogP) is -0.504. The van der Waals surface area contributed by atoms with E-state index in [0.29, 0.717) is 0 Å².